The van der Waals surface area contributed by atoms with Crippen LogP contribution in [0.2, 0.25) is 0 Å². The number of hydrogen-bond acceptors (Lipinski definition) is 3. The van der Waals surface area contributed by atoms with Crippen LogP contribution in [0.25, 0.3) is 0 Å². The van der Waals surface area contributed by atoms with E-state index in [0.717, 1.165) is 5.56 Å². The number of nitrogens with zero attached hydrogens (tertiary/aromatic N) is 1. The van der Waals surface area contributed by atoms with Gasteiger partial charge in [0.2, 0.25) is 5.91 Å². The first-order valence-electron chi connectivity index (χ1n) is 7.67. The standard InChI is InChI=1S/C17H26N2O3/c1-5-19(11-16(20)18-13(2)3)17(21)14(4)22-12-15-9-7-6-8-10-15/h6-10,13-14H,5,11-12H2,1-4H3,(H,18,20)/t14-/m0/s1. The van der Waals surface area contributed by atoms with Gasteiger partial charge in [-0.15, -0.1) is 0 Å². The zero-order valence-electron chi connectivity index (χ0n) is 13.8. The highest BCUT2D eigenvalue weighted by Gasteiger charge is 2.22. The Morgan fingerprint density at radius 2 is 1.82 bits per heavy atom. The number of benzene rings is 1. The second-order valence-corrected chi connectivity index (χ2v) is 5.51. The Morgan fingerprint density at radius 1 is 1.18 bits per heavy atom. The van der Waals surface area contributed by atoms with E-state index in [1.54, 1.807) is 6.92 Å². The first-order valence-corrected chi connectivity index (χ1v) is 7.67. The molecule has 0 aliphatic rings. The molecule has 0 aliphatic heterocycles. The average molecular weight is 306 g/mol. The molecule has 1 aromatic rings. The molecule has 1 N–H and O–H groups in total. The first kappa shape index (κ1) is 18.2. The van der Waals surface area contributed by atoms with Gasteiger partial charge in [0.05, 0.1) is 13.2 Å². The molecule has 0 radical (unpaired) electrons. The molecule has 0 saturated carbocycles. The molecule has 0 aliphatic carbocycles. The summed E-state index contributed by atoms with van der Waals surface area (Å²) in [7, 11) is 0. The van der Waals surface area contributed by atoms with E-state index in [4.69, 9.17) is 4.74 Å². The Morgan fingerprint density at radius 3 is 2.36 bits per heavy atom. The number of nitrogens with one attached hydrogen (secondary N) is 1. The van der Waals surface area contributed by atoms with E-state index in [-0.39, 0.29) is 24.4 Å². The molecule has 0 bridgehead atoms. The molecule has 1 rings (SSSR count). The van der Waals surface area contributed by atoms with Crippen molar-refractivity contribution in [1.82, 2.24) is 10.2 Å². The summed E-state index contributed by atoms with van der Waals surface area (Å²) in [5.74, 6) is -0.321. The lowest BCUT2D eigenvalue weighted by Crippen LogP contribution is -2.46. The van der Waals surface area contributed by atoms with Gasteiger partial charge in [-0.25, -0.2) is 0 Å². The molecular weight excluding hydrogens is 280 g/mol. The van der Waals surface area contributed by atoms with Gasteiger partial charge < -0.3 is 15.0 Å². The van der Waals surface area contributed by atoms with Crippen LogP contribution in [-0.2, 0) is 20.9 Å². The Balaban J connectivity index is 2.50. The van der Waals surface area contributed by atoms with Crippen LogP contribution in [0, 0.1) is 0 Å². The molecule has 5 heteroatoms. The van der Waals surface area contributed by atoms with E-state index < -0.39 is 6.10 Å². The molecule has 0 heterocycles. The van der Waals surface area contributed by atoms with E-state index in [1.807, 2.05) is 51.1 Å². The number of ether oxygens (including phenoxy) is 1. The topological polar surface area (TPSA) is 58.6 Å². The normalized spacial score (nSPS) is 12.0. The van der Waals surface area contributed by atoms with E-state index in [2.05, 4.69) is 5.32 Å². The van der Waals surface area contributed by atoms with E-state index in [0.29, 0.717) is 13.2 Å². The lowest BCUT2D eigenvalue weighted by atomic mass is 10.2. The molecule has 0 aromatic heterocycles. The molecule has 0 saturated heterocycles. The second-order valence-electron chi connectivity index (χ2n) is 5.51. The van der Waals surface area contributed by atoms with Crippen LogP contribution in [0.3, 0.4) is 0 Å². The van der Waals surface area contributed by atoms with Crippen LogP contribution in [0.4, 0.5) is 0 Å². The molecule has 22 heavy (non-hydrogen) atoms. The summed E-state index contributed by atoms with van der Waals surface area (Å²) in [4.78, 5) is 25.6. The highest BCUT2D eigenvalue weighted by Crippen LogP contribution is 2.06. The second kappa shape index (κ2) is 9.20. The maximum Gasteiger partial charge on any atom is 0.251 e. The molecule has 1 aromatic carbocycles. The third-order valence-electron chi connectivity index (χ3n) is 3.17. The highest BCUT2D eigenvalue weighted by molar-refractivity contribution is 5.86. The molecule has 0 unspecified atom stereocenters. The van der Waals surface area contributed by atoms with Gasteiger partial charge in [-0.2, -0.15) is 0 Å². The molecular formula is C17H26N2O3. The number of carbonyl (C=O) groups excluding carboxylic acids is 2. The predicted octanol–water partition coefficient (Wildman–Crippen LogP) is 1.96. The van der Waals surface area contributed by atoms with Crippen molar-refractivity contribution >= 4 is 11.8 Å². The third-order valence-corrected chi connectivity index (χ3v) is 3.17. The zero-order chi connectivity index (χ0) is 16.5. The van der Waals surface area contributed by atoms with Crippen LogP contribution in [-0.4, -0.2) is 41.9 Å². The fourth-order valence-electron chi connectivity index (χ4n) is 2.01. The van der Waals surface area contributed by atoms with Gasteiger partial charge in [0.15, 0.2) is 0 Å². The van der Waals surface area contributed by atoms with E-state index in [9.17, 15) is 9.59 Å². The Bertz CT molecular complexity index is 474. The minimum Gasteiger partial charge on any atom is -0.364 e. The lowest BCUT2D eigenvalue weighted by Gasteiger charge is -2.24. The van der Waals surface area contributed by atoms with Gasteiger partial charge in [0.1, 0.15) is 6.10 Å². The van der Waals surface area contributed by atoms with Crippen molar-refractivity contribution in [2.24, 2.45) is 0 Å². The minimum absolute atomic E-state index is 0.0621. The Labute approximate surface area is 132 Å². The van der Waals surface area contributed by atoms with Crippen molar-refractivity contribution < 1.29 is 14.3 Å². The minimum atomic E-state index is -0.577. The van der Waals surface area contributed by atoms with Crippen molar-refractivity contribution in [3.63, 3.8) is 0 Å². The summed E-state index contributed by atoms with van der Waals surface area (Å²) in [6.45, 7) is 8.27. The van der Waals surface area contributed by atoms with Crippen molar-refractivity contribution in [1.29, 1.82) is 0 Å². The molecule has 5 nitrogen and oxygen atoms in total. The van der Waals surface area contributed by atoms with Crippen molar-refractivity contribution in [3.05, 3.63) is 35.9 Å². The van der Waals surface area contributed by atoms with E-state index in [1.165, 1.54) is 4.90 Å². The Kier molecular flexibility index (Phi) is 7.60. The molecule has 2 amide bonds. The quantitative estimate of drug-likeness (QED) is 0.799. The zero-order valence-corrected chi connectivity index (χ0v) is 13.8. The van der Waals surface area contributed by atoms with Crippen LogP contribution in [0.1, 0.15) is 33.3 Å². The summed E-state index contributed by atoms with van der Waals surface area (Å²) in [6.07, 6.45) is -0.577. The van der Waals surface area contributed by atoms with Crippen molar-refractivity contribution in [2.75, 3.05) is 13.1 Å². The maximum absolute atomic E-state index is 12.3. The summed E-state index contributed by atoms with van der Waals surface area (Å²) >= 11 is 0. The number of rotatable bonds is 8. The summed E-state index contributed by atoms with van der Waals surface area (Å²) in [6, 6.07) is 9.76. The van der Waals surface area contributed by atoms with Crippen LogP contribution in [0.15, 0.2) is 30.3 Å². The highest BCUT2D eigenvalue weighted by atomic mass is 16.5. The van der Waals surface area contributed by atoms with Crippen molar-refractivity contribution in [2.45, 2.75) is 46.4 Å². The van der Waals surface area contributed by atoms with E-state index >= 15 is 0 Å². The van der Waals surface area contributed by atoms with Gasteiger partial charge in [0, 0.05) is 12.6 Å². The molecule has 122 valence electrons. The van der Waals surface area contributed by atoms with Gasteiger partial charge in [-0.1, -0.05) is 30.3 Å². The smallest absolute Gasteiger partial charge is 0.251 e. The lowest BCUT2D eigenvalue weighted by molar-refractivity contribution is -0.146. The summed E-state index contributed by atoms with van der Waals surface area (Å²) in [5.41, 5.74) is 1.02. The fourth-order valence-corrected chi connectivity index (χ4v) is 2.01. The van der Waals surface area contributed by atoms with Crippen molar-refractivity contribution in [3.8, 4) is 0 Å². The van der Waals surface area contributed by atoms with Gasteiger partial charge in [0.25, 0.3) is 5.91 Å². The van der Waals surface area contributed by atoms with Crippen LogP contribution < -0.4 is 5.32 Å². The molecule has 1 atom stereocenters. The summed E-state index contributed by atoms with van der Waals surface area (Å²) in [5, 5.41) is 2.79. The van der Waals surface area contributed by atoms with Gasteiger partial charge in [-0.3, -0.25) is 9.59 Å². The molecule has 0 spiro atoms. The largest absolute Gasteiger partial charge is 0.364 e. The maximum atomic E-state index is 12.3. The number of carbonyl (C=O) groups is 2. The fraction of sp³-hybridized carbons (Fsp3) is 0.529. The number of hydrogen-bond donors (Lipinski definition) is 1. The SMILES string of the molecule is CCN(CC(=O)NC(C)C)C(=O)[C@H](C)OCc1ccccc1. The third kappa shape index (κ3) is 6.26. The Hall–Kier alpha value is -1.88. The van der Waals surface area contributed by atoms with Crippen LogP contribution in [0.5, 0.6) is 0 Å². The predicted molar refractivity (Wildman–Crippen MR) is 86.2 cm³/mol. The first-order chi connectivity index (χ1) is 10.4. The number of amides is 2. The van der Waals surface area contributed by atoms with Crippen LogP contribution >= 0.6 is 0 Å². The van der Waals surface area contributed by atoms with Gasteiger partial charge in [-0.05, 0) is 33.3 Å². The monoisotopic (exact) mass is 306 g/mol. The van der Waals surface area contributed by atoms with Gasteiger partial charge >= 0.3 is 0 Å². The molecule has 0 fully saturated rings. The summed E-state index contributed by atoms with van der Waals surface area (Å²) < 4.78 is 5.61. The number of likely N-dealkylation sites (N-methyl/N-ethyl adjacent to an activating group) is 1. The average Bonchev–Trinajstić information content (AvgIpc) is 2.49.